The third kappa shape index (κ3) is 4.51. The van der Waals surface area contributed by atoms with Crippen molar-refractivity contribution in [2.75, 3.05) is 20.3 Å². The van der Waals surface area contributed by atoms with Crippen LogP contribution in [0.2, 0.25) is 0 Å². The smallest absolute Gasteiger partial charge is 0.240 e. The summed E-state index contributed by atoms with van der Waals surface area (Å²) in [5.41, 5.74) is 2.93. The van der Waals surface area contributed by atoms with Crippen LogP contribution in [0.4, 0.5) is 0 Å². The van der Waals surface area contributed by atoms with Gasteiger partial charge in [-0.3, -0.25) is 0 Å². The quantitative estimate of drug-likeness (QED) is 0.714. The van der Waals surface area contributed by atoms with Crippen LogP contribution in [0.3, 0.4) is 0 Å². The first kappa shape index (κ1) is 16.4. The Hall–Kier alpha value is -0.950. The van der Waals surface area contributed by atoms with Gasteiger partial charge in [0.15, 0.2) is 0 Å². The normalized spacial score (nSPS) is 15.4. The predicted molar refractivity (Wildman–Crippen MR) is 82.8 cm³/mol. The SMILES string of the molecule is COCCNS(=O)(=O)c1cc(CNC2CC2)c(C)cc1C. The average molecular weight is 312 g/mol. The van der Waals surface area contributed by atoms with Crippen molar-refractivity contribution in [3.8, 4) is 0 Å². The van der Waals surface area contributed by atoms with Gasteiger partial charge in [0.25, 0.3) is 0 Å². The molecule has 0 saturated heterocycles. The van der Waals surface area contributed by atoms with Crippen molar-refractivity contribution in [1.29, 1.82) is 0 Å². The zero-order valence-electron chi connectivity index (χ0n) is 12.9. The van der Waals surface area contributed by atoms with Crippen LogP contribution in [-0.4, -0.2) is 34.7 Å². The fourth-order valence-electron chi connectivity index (χ4n) is 2.25. The minimum atomic E-state index is -3.48. The Morgan fingerprint density at radius 1 is 1.24 bits per heavy atom. The van der Waals surface area contributed by atoms with Gasteiger partial charge in [0.2, 0.25) is 10.0 Å². The Kier molecular flexibility index (Phi) is 5.37. The van der Waals surface area contributed by atoms with Gasteiger partial charge >= 0.3 is 0 Å². The van der Waals surface area contributed by atoms with Gasteiger partial charge in [0, 0.05) is 26.2 Å². The molecular formula is C15H24N2O3S. The number of methoxy groups -OCH3 is 1. The minimum Gasteiger partial charge on any atom is -0.383 e. The lowest BCUT2D eigenvalue weighted by atomic mass is 10.1. The summed E-state index contributed by atoms with van der Waals surface area (Å²) >= 11 is 0. The van der Waals surface area contributed by atoms with Gasteiger partial charge in [-0.2, -0.15) is 0 Å². The summed E-state index contributed by atoms with van der Waals surface area (Å²) in [6.07, 6.45) is 2.43. The molecule has 1 fully saturated rings. The molecular weight excluding hydrogens is 288 g/mol. The van der Waals surface area contributed by atoms with Crippen molar-refractivity contribution in [3.63, 3.8) is 0 Å². The van der Waals surface area contributed by atoms with Gasteiger partial charge in [-0.1, -0.05) is 6.07 Å². The molecule has 0 aromatic heterocycles. The van der Waals surface area contributed by atoms with Crippen molar-refractivity contribution in [3.05, 3.63) is 28.8 Å². The molecule has 21 heavy (non-hydrogen) atoms. The molecule has 0 bridgehead atoms. The number of benzene rings is 1. The molecule has 5 nitrogen and oxygen atoms in total. The summed E-state index contributed by atoms with van der Waals surface area (Å²) in [5.74, 6) is 0. The van der Waals surface area contributed by atoms with Crippen molar-refractivity contribution in [2.24, 2.45) is 0 Å². The van der Waals surface area contributed by atoms with E-state index in [9.17, 15) is 8.42 Å². The van der Waals surface area contributed by atoms with Crippen LogP contribution in [0.15, 0.2) is 17.0 Å². The van der Waals surface area contributed by atoms with Gasteiger partial charge in [-0.15, -0.1) is 0 Å². The number of hydrogen-bond donors (Lipinski definition) is 2. The lowest BCUT2D eigenvalue weighted by Gasteiger charge is -2.14. The van der Waals surface area contributed by atoms with E-state index in [4.69, 9.17) is 4.74 Å². The zero-order chi connectivity index (χ0) is 15.5. The summed E-state index contributed by atoms with van der Waals surface area (Å²) in [5, 5.41) is 3.43. The first-order valence-electron chi connectivity index (χ1n) is 7.26. The second-order valence-corrected chi connectivity index (χ2v) is 7.33. The number of rotatable bonds is 8. The number of ether oxygens (including phenoxy) is 1. The number of sulfonamides is 1. The van der Waals surface area contributed by atoms with E-state index in [0.29, 0.717) is 17.5 Å². The highest BCUT2D eigenvalue weighted by Crippen LogP contribution is 2.23. The van der Waals surface area contributed by atoms with Gasteiger partial charge in [-0.25, -0.2) is 13.1 Å². The summed E-state index contributed by atoms with van der Waals surface area (Å²) in [4.78, 5) is 0.358. The van der Waals surface area contributed by atoms with Gasteiger partial charge in [-0.05, 0) is 49.4 Å². The van der Waals surface area contributed by atoms with E-state index < -0.39 is 10.0 Å². The molecule has 2 N–H and O–H groups in total. The van der Waals surface area contributed by atoms with Crippen LogP contribution in [-0.2, 0) is 21.3 Å². The largest absolute Gasteiger partial charge is 0.383 e. The van der Waals surface area contributed by atoms with Crippen molar-refractivity contribution in [2.45, 2.75) is 44.2 Å². The Morgan fingerprint density at radius 2 is 1.95 bits per heavy atom. The summed E-state index contributed by atoms with van der Waals surface area (Å²) in [7, 11) is -1.93. The molecule has 0 aliphatic heterocycles. The highest BCUT2D eigenvalue weighted by atomic mass is 32.2. The number of hydrogen-bond acceptors (Lipinski definition) is 4. The molecule has 0 spiro atoms. The van der Waals surface area contributed by atoms with E-state index in [-0.39, 0.29) is 6.54 Å². The fraction of sp³-hybridized carbons (Fsp3) is 0.600. The fourth-order valence-corrected chi connectivity index (χ4v) is 3.54. The van der Waals surface area contributed by atoms with E-state index in [1.54, 1.807) is 13.2 Å². The van der Waals surface area contributed by atoms with Crippen LogP contribution in [0.25, 0.3) is 0 Å². The first-order chi connectivity index (χ1) is 9.94. The van der Waals surface area contributed by atoms with E-state index in [1.165, 1.54) is 12.8 Å². The molecule has 0 heterocycles. The average Bonchev–Trinajstić information content (AvgIpc) is 3.21. The topological polar surface area (TPSA) is 67.4 Å². The second kappa shape index (κ2) is 6.87. The zero-order valence-corrected chi connectivity index (χ0v) is 13.7. The molecule has 6 heteroatoms. The lowest BCUT2D eigenvalue weighted by molar-refractivity contribution is 0.204. The number of aryl methyl sites for hydroxylation is 2. The van der Waals surface area contributed by atoms with Crippen LogP contribution in [0.5, 0.6) is 0 Å². The van der Waals surface area contributed by atoms with E-state index >= 15 is 0 Å². The third-order valence-corrected chi connectivity index (χ3v) is 5.28. The first-order valence-corrected chi connectivity index (χ1v) is 8.74. The highest BCUT2D eigenvalue weighted by Gasteiger charge is 2.22. The molecule has 0 unspecified atom stereocenters. The van der Waals surface area contributed by atoms with Crippen LogP contribution in [0, 0.1) is 13.8 Å². The standard InChI is InChI=1S/C15H24N2O3S/c1-11-8-12(2)15(21(18,19)17-6-7-20-3)9-13(11)10-16-14-4-5-14/h8-9,14,16-17H,4-7,10H2,1-3H3. The molecule has 118 valence electrons. The molecule has 0 amide bonds. The van der Waals surface area contributed by atoms with Crippen molar-refractivity contribution < 1.29 is 13.2 Å². The molecule has 1 aromatic carbocycles. The summed E-state index contributed by atoms with van der Waals surface area (Å²) in [6.45, 7) is 5.21. The van der Waals surface area contributed by atoms with Crippen LogP contribution >= 0.6 is 0 Å². The predicted octanol–water partition coefficient (Wildman–Crippen LogP) is 1.48. The van der Waals surface area contributed by atoms with Crippen LogP contribution in [0.1, 0.15) is 29.5 Å². The Bertz CT molecular complexity index is 595. The summed E-state index contributed by atoms with van der Waals surface area (Å²) < 4.78 is 32.2. The Morgan fingerprint density at radius 3 is 2.57 bits per heavy atom. The van der Waals surface area contributed by atoms with E-state index in [0.717, 1.165) is 23.2 Å². The minimum absolute atomic E-state index is 0.280. The van der Waals surface area contributed by atoms with Crippen LogP contribution < -0.4 is 10.0 Å². The highest BCUT2D eigenvalue weighted by molar-refractivity contribution is 7.89. The molecule has 1 saturated carbocycles. The molecule has 2 rings (SSSR count). The van der Waals surface area contributed by atoms with Gasteiger partial charge in [0.1, 0.15) is 0 Å². The van der Waals surface area contributed by atoms with Crippen molar-refractivity contribution in [1.82, 2.24) is 10.0 Å². The lowest BCUT2D eigenvalue weighted by Crippen LogP contribution is -2.28. The molecule has 0 atom stereocenters. The Labute approximate surface area is 127 Å². The monoisotopic (exact) mass is 312 g/mol. The molecule has 1 aromatic rings. The van der Waals surface area contributed by atoms with E-state index in [1.807, 2.05) is 19.9 Å². The molecule has 1 aliphatic rings. The maximum atomic E-state index is 12.4. The maximum absolute atomic E-state index is 12.4. The van der Waals surface area contributed by atoms with E-state index in [2.05, 4.69) is 10.0 Å². The maximum Gasteiger partial charge on any atom is 0.240 e. The van der Waals surface area contributed by atoms with Crippen molar-refractivity contribution >= 4 is 10.0 Å². The van der Waals surface area contributed by atoms with Gasteiger partial charge < -0.3 is 10.1 Å². The second-order valence-electron chi connectivity index (χ2n) is 5.59. The molecule has 1 aliphatic carbocycles. The molecule has 0 radical (unpaired) electrons. The number of nitrogens with one attached hydrogen (secondary N) is 2. The van der Waals surface area contributed by atoms with Gasteiger partial charge in [0.05, 0.1) is 11.5 Å². The third-order valence-electron chi connectivity index (χ3n) is 3.68. The summed E-state index contributed by atoms with van der Waals surface area (Å²) in [6, 6.07) is 4.33. The Balaban J connectivity index is 2.18.